The molecule has 0 aromatic carbocycles. The van der Waals surface area contributed by atoms with Crippen molar-refractivity contribution >= 4 is 36.0 Å². The Kier molecular flexibility index (Phi) is 7.28. The number of hydrogen-bond acceptors (Lipinski definition) is 9. The van der Waals surface area contributed by atoms with Crippen LogP contribution in [0.5, 0.6) is 0 Å². The number of halogens is 1. The van der Waals surface area contributed by atoms with Crippen molar-refractivity contribution in [1.29, 1.82) is 0 Å². The largest absolute Gasteiger partial charge is 0.388 e. The summed E-state index contributed by atoms with van der Waals surface area (Å²) >= 11 is 6.17. The van der Waals surface area contributed by atoms with Crippen molar-refractivity contribution in [2.24, 2.45) is 0 Å². The summed E-state index contributed by atoms with van der Waals surface area (Å²) in [6.45, 7) is 0.826. The number of anilines is 1. The normalized spacial score (nSPS) is 26.2. The van der Waals surface area contributed by atoms with E-state index in [2.05, 4.69) is 20.4 Å². The van der Waals surface area contributed by atoms with Gasteiger partial charge in [0.2, 0.25) is 5.28 Å². The van der Waals surface area contributed by atoms with Gasteiger partial charge in [-0.3, -0.25) is 4.57 Å². The maximum absolute atomic E-state index is 11.8. The zero-order chi connectivity index (χ0) is 23.8. The molecular formula is C19H29ClN5O7P. The summed E-state index contributed by atoms with van der Waals surface area (Å²) in [7, 11) is -3.29. The number of aliphatic hydroxyl groups is 1. The van der Waals surface area contributed by atoms with E-state index >= 15 is 0 Å². The number of fused-ring (bicyclic) bond motifs is 1. The lowest BCUT2D eigenvalue weighted by atomic mass is 10.2. The molecule has 2 aliphatic rings. The van der Waals surface area contributed by atoms with E-state index in [1.54, 1.807) is 6.20 Å². The van der Waals surface area contributed by atoms with E-state index in [0.717, 1.165) is 25.7 Å². The average Bonchev–Trinajstić information content (AvgIpc) is 3.46. The van der Waals surface area contributed by atoms with E-state index in [1.807, 2.05) is 0 Å². The Hall–Kier alpha value is -1.37. The van der Waals surface area contributed by atoms with E-state index in [1.165, 1.54) is 18.7 Å². The third-order valence-electron chi connectivity index (χ3n) is 6.14. The maximum Gasteiger partial charge on any atom is 0.359 e. The van der Waals surface area contributed by atoms with Crippen molar-refractivity contribution in [1.82, 2.24) is 19.7 Å². The van der Waals surface area contributed by atoms with Gasteiger partial charge >= 0.3 is 7.60 Å². The summed E-state index contributed by atoms with van der Waals surface area (Å²) in [6.07, 6.45) is 3.79. The standard InChI is InChI=1S/C19H29ClN5O7P/c1-19(10-30-2,33(27,28)29)31-9-12-7-14(26)17(32-12)25-16-13(8-21-25)15(23-18(20)24-16)22-11-5-3-4-6-11/h8,11-12,14,17,26H,3-7,9-10H2,1-2H3,(H,22,23,24)(H2,27,28,29)/t12-,14+,17+,19?/m0/s1. The molecule has 33 heavy (non-hydrogen) atoms. The van der Waals surface area contributed by atoms with Gasteiger partial charge < -0.3 is 34.4 Å². The highest BCUT2D eigenvalue weighted by molar-refractivity contribution is 7.53. The molecule has 14 heteroatoms. The molecule has 3 heterocycles. The molecule has 0 bridgehead atoms. The van der Waals surface area contributed by atoms with Gasteiger partial charge in [-0.1, -0.05) is 12.8 Å². The van der Waals surface area contributed by atoms with Crippen molar-refractivity contribution < 1.29 is 33.7 Å². The lowest BCUT2D eigenvalue weighted by Crippen LogP contribution is -2.36. The summed E-state index contributed by atoms with van der Waals surface area (Å²) in [5.74, 6) is 0.590. The lowest BCUT2D eigenvalue weighted by Gasteiger charge is -2.30. The van der Waals surface area contributed by atoms with Crippen LogP contribution in [0.4, 0.5) is 5.82 Å². The van der Waals surface area contributed by atoms with Gasteiger partial charge in [-0.15, -0.1) is 0 Å². The van der Waals surface area contributed by atoms with Gasteiger partial charge in [0.1, 0.15) is 11.9 Å². The molecule has 4 N–H and O–H groups in total. The highest BCUT2D eigenvalue weighted by atomic mass is 35.5. The minimum Gasteiger partial charge on any atom is -0.388 e. The van der Waals surface area contributed by atoms with Crippen LogP contribution in [0.15, 0.2) is 6.20 Å². The molecule has 1 saturated heterocycles. The van der Waals surface area contributed by atoms with Gasteiger partial charge in [0.15, 0.2) is 17.2 Å². The van der Waals surface area contributed by atoms with Gasteiger partial charge in [-0.2, -0.15) is 15.1 Å². The fourth-order valence-electron chi connectivity index (χ4n) is 4.27. The van der Waals surface area contributed by atoms with Crippen molar-refractivity contribution in [3.8, 4) is 0 Å². The molecule has 12 nitrogen and oxygen atoms in total. The van der Waals surface area contributed by atoms with Crippen molar-refractivity contribution in [3.05, 3.63) is 11.5 Å². The van der Waals surface area contributed by atoms with Crippen molar-refractivity contribution in [2.45, 2.75) is 68.8 Å². The zero-order valence-electron chi connectivity index (χ0n) is 18.4. The lowest BCUT2D eigenvalue weighted by molar-refractivity contribution is -0.0995. The van der Waals surface area contributed by atoms with Gasteiger partial charge in [-0.25, -0.2) is 4.68 Å². The Bertz CT molecular complexity index is 1030. The maximum atomic E-state index is 11.8. The fraction of sp³-hybridized carbons (Fsp3) is 0.737. The molecule has 2 fully saturated rings. The van der Waals surface area contributed by atoms with Crippen LogP contribution in [-0.4, -0.2) is 78.6 Å². The van der Waals surface area contributed by atoms with Gasteiger partial charge in [0.05, 0.1) is 30.9 Å². The molecule has 2 aromatic rings. The van der Waals surface area contributed by atoms with Gasteiger partial charge in [0.25, 0.3) is 0 Å². The second kappa shape index (κ2) is 9.71. The number of rotatable bonds is 9. The zero-order valence-corrected chi connectivity index (χ0v) is 20.1. The van der Waals surface area contributed by atoms with Crippen LogP contribution in [0.1, 0.15) is 45.3 Å². The highest BCUT2D eigenvalue weighted by Crippen LogP contribution is 2.51. The average molecular weight is 506 g/mol. The molecule has 184 valence electrons. The first-order chi connectivity index (χ1) is 15.6. The Morgan fingerprint density at radius 1 is 1.36 bits per heavy atom. The second-order valence-electron chi connectivity index (χ2n) is 8.71. The van der Waals surface area contributed by atoms with Crippen LogP contribution in [0.2, 0.25) is 5.28 Å². The number of ether oxygens (including phenoxy) is 3. The van der Waals surface area contributed by atoms with Crippen LogP contribution in [0, 0.1) is 0 Å². The molecule has 1 saturated carbocycles. The first kappa shape index (κ1) is 24.7. The van der Waals surface area contributed by atoms with E-state index < -0.39 is 31.4 Å². The SMILES string of the molecule is COCC(C)(OC[C@@H]1C[C@@H](O)[C@H](n2ncc3c(NC4CCCC4)nc(Cl)nc32)O1)P(=O)(O)O. The van der Waals surface area contributed by atoms with E-state index in [0.29, 0.717) is 22.9 Å². The second-order valence-corrected chi connectivity index (χ2v) is 11.1. The predicted octanol–water partition coefficient (Wildman–Crippen LogP) is 2.04. The molecule has 4 rings (SSSR count). The third kappa shape index (κ3) is 5.18. The van der Waals surface area contributed by atoms with Crippen LogP contribution in [-0.2, 0) is 18.8 Å². The number of aromatic nitrogens is 4. The summed E-state index contributed by atoms with van der Waals surface area (Å²) in [6, 6.07) is 0.313. The quantitative estimate of drug-likeness (QED) is 0.291. The monoisotopic (exact) mass is 505 g/mol. The molecule has 2 aromatic heterocycles. The van der Waals surface area contributed by atoms with Gasteiger partial charge in [0, 0.05) is 19.6 Å². The summed E-state index contributed by atoms with van der Waals surface area (Å²) < 4.78 is 29.7. The van der Waals surface area contributed by atoms with Crippen LogP contribution >= 0.6 is 19.2 Å². The Morgan fingerprint density at radius 2 is 2.09 bits per heavy atom. The third-order valence-corrected chi connectivity index (χ3v) is 7.80. The van der Waals surface area contributed by atoms with Crippen LogP contribution in [0.25, 0.3) is 11.0 Å². The summed E-state index contributed by atoms with van der Waals surface area (Å²) in [5, 5.41) is 17.3. The Balaban J connectivity index is 1.51. The number of nitrogens with one attached hydrogen (secondary N) is 1. The Labute approximate surface area is 195 Å². The van der Waals surface area contributed by atoms with Gasteiger partial charge in [-0.05, 0) is 31.4 Å². The molecule has 1 unspecified atom stereocenters. The van der Waals surface area contributed by atoms with Crippen molar-refractivity contribution in [2.75, 3.05) is 25.6 Å². The molecule has 0 spiro atoms. The topological polar surface area (TPSA) is 161 Å². The number of nitrogens with zero attached hydrogens (tertiary/aromatic N) is 4. The molecule has 4 atom stereocenters. The minimum absolute atomic E-state index is 0.0501. The number of hydrogen-bond donors (Lipinski definition) is 4. The first-order valence-corrected chi connectivity index (χ1v) is 12.8. The molecule has 0 radical (unpaired) electrons. The molecule has 1 aliphatic heterocycles. The first-order valence-electron chi connectivity index (χ1n) is 10.8. The molecule has 0 amide bonds. The number of aliphatic hydroxyl groups excluding tert-OH is 1. The summed E-state index contributed by atoms with van der Waals surface area (Å²) in [4.78, 5) is 27.9. The molecule has 1 aliphatic carbocycles. The Morgan fingerprint density at radius 3 is 2.76 bits per heavy atom. The van der Waals surface area contributed by atoms with Crippen LogP contribution in [0.3, 0.4) is 0 Å². The highest BCUT2D eigenvalue weighted by Gasteiger charge is 2.46. The predicted molar refractivity (Wildman–Crippen MR) is 119 cm³/mol. The van der Waals surface area contributed by atoms with E-state index in [-0.39, 0.29) is 24.9 Å². The number of methoxy groups -OCH3 is 1. The molecular weight excluding hydrogens is 477 g/mol. The van der Waals surface area contributed by atoms with E-state index in [4.69, 9.17) is 25.8 Å². The van der Waals surface area contributed by atoms with Crippen LogP contribution < -0.4 is 5.32 Å². The van der Waals surface area contributed by atoms with Crippen molar-refractivity contribution in [3.63, 3.8) is 0 Å². The smallest absolute Gasteiger partial charge is 0.359 e. The van der Waals surface area contributed by atoms with E-state index in [9.17, 15) is 19.5 Å². The summed E-state index contributed by atoms with van der Waals surface area (Å²) in [5.41, 5.74) is 0.417. The fourth-order valence-corrected chi connectivity index (χ4v) is 4.97. The minimum atomic E-state index is -4.62.